The molecule has 1 aromatic carbocycles. The Bertz CT molecular complexity index is 333. The molecule has 0 radical (unpaired) electrons. The maximum atomic E-state index is 9.98. The molecule has 0 amide bonds. The van der Waals surface area contributed by atoms with Crippen molar-refractivity contribution in [3.63, 3.8) is 0 Å². The van der Waals surface area contributed by atoms with Gasteiger partial charge in [0.25, 0.3) is 0 Å². The number of hydrogen-bond acceptors (Lipinski definition) is 3. The predicted molar refractivity (Wildman–Crippen MR) is 71.5 cm³/mol. The summed E-state index contributed by atoms with van der Waals surface area (Å²) >= 11 is 0. The lowest BCUT2D eigenvalue weighted by Crippen LogP contribution is -2.27. The van der Waals surface area contributed by atoms with Gasteiger partial charge in [-0.05, 0) is 12.0 Å². The van der Waals surface area contributed by atoms with Gasteiger partial charge in [-0.15, -0.1) is 0 Å². The largest absolute Gasteiger partial charge is 0.390 e. The Morgan fingerprint density at radius 1 is 1.41 bits per heavy atom. The van der Waals surface area contributed by atoms with Gasteiger partial charge in [-0.2, -0.15) is 0 Å². The van der Waals surface area contributed by atoms with Crippen molar-refractivity contribution in [2.24, 2.45) is 5.92 Å². The van der Waals surface area contributed by atoms with Crippen molar-refractivity contribution in [3.05, 3.63) is 35.9 Å². The van der Waals surface area contributed by atoms with Crippen molar-refractivity contribution >= 4 is 9.39 Å². The highest BCUT2D eigenvalue weighted by Gasteiger charge is 2.26. The van der Waals surface area contributed by atoms with E-state index in [2.05, 4.69) is 14.1 Å². The van der Waals surface area contributed by atoms with Gasteiger partial charge >= 0.3 is 0 Å². The van der Waals surface area contributed by atoms with Crippen LogP contribution in [-0.4, -0.2) is 35.6 Å². The highest BCUT2D eigenvalue weighted by atomic mass is 31.0. The molecule has 4 heteroatoms. The van der Waals surface area contributed by atoms with Gasteiger partial charge in [-0.1, -0.05) is 39.7 Å². The molecule has 17 heavy (non-hydrogen) atoms. The first kappa shape index (κ1) is 13.0. The van der Waals surface area contributed by atoms with Crippen LogP contribution < -0.4 is 0 Å². The third kappa shape index (κ3) is 4.04. The zero-order valence-electron chi connectivity index (χ0n) is 9.96. The molecule has 1 heterocycles. The summed E-state index contributed by atoms with van der Waals surface area (Å²) in [7, 11) is 2.69. The minimum Gasteiger partial charge on any atom is -0.390 e. The fraction of sp³-hybridized carbons (Fsp3) is 0.538. The molecule has 1 aromatic rings. The maximum absolute atomic E-state index is 9.98. The van der Waals surface area contributed by atoms with Gasteiger partial charge in [0.05, 0.1) is 19.3 Å². The van der Waals surface area contributed by atoms with Gasteiger partial charge in [0.15, 0.2) is 0 Å². The SMILES string of the molecule is O[C@H](COCc1ccccc1)[C@H]1CCN(P)C1. The number of nitrogens with zero attached hydrogens (tertiary/aromatic N) is 1. The van der Waals surface area contributed by atoms with E-state index in [0.29, 0.717) is 19.1 Å². The van der Waals surface area contributed by atoms with Crippen LogP contribution in [0, 0.1) is 5.92 Å². The lowest BCUT2D eigenvalue weighted by Gasteiger charge is -2.17. The molecule has 1 aliphatic heterocycles. The highest BCUT2D eigenvalue weighted by Crippen LogP contribution is 2.22. The Hall–Kier alpha value is -0.470. The van der Waals surface area contributed by atoms with E-state index in [-0.39, 0.29) is 6.10 Å². The molecular formula is C13H20NO2P. The summed E-state index contributed by atoms with van der Waals surface area (Å²) in [4.78, 5) is 0. The standard InChI is InChI=1S/C13H20NO2P/c15-13(12-6-7-14(17)8-12)10-16-9-11-4-2-1-3-5-11/h1-5,12-13,15H,6-10,17H2/t12-,13+/m0/s1. The summed E-state index contributed by atoms with van der Waals surface area (Å²) in [5.74, 6) is 0.350. The summed E-state index contributed by atoms with van der Waals surface area (Å²) in [6.07, 6.45) is 0.712. The second-order valence-electron chi connectivity index (χ2n) is 4.61. The number of aliphatic hydroxyl groups excluding tert-OH is 1. The van der Waals surface area contributed by atoms with Gasteiger partial charge in [0, 0.05) is 19.0 Å². The number of benzene rings is 1. The van der Waals surface area contributed by atoms with Crippen LogP contribution in [0.4, 0.5) is 0 Å². The van der Waals surface area contributed by atoms with Gasteiger partial charge in [-0.3, -0.25) is 4.67 Å². The van der Waals surface area contributed by atoms with Crippen LogP contribution in [0.3, 0.4) is 0 Å². The van der Waals surface area contributed by atoms with E-state index in [1.165, 1.54) is 0 Å². The van der Waals surface area contributed by atoms with Crippen LogP contribution in [0.2, 0.25) is 0 Å². The topological polar surface area (TPSA) is 32.7 Å². The first-order chi connectivity index (χ1) is 8.25. The second kappa shape index (κ2) is 6.46. The molecule has 1 fully saturated rings. The number of rotatable bonds is 5. The molecule has 1 N–H and O–H groups in total. The minimum absolute atomic E-state index is 0.343. The van der Waals surface area contributed by atoms with Crippen molar-refractivity contribution in [2.75, 3.05) is 19.7 Å². The summed E-state index contributed by atoms with van der Waals surface area (Å²) in [6.45, 7) is 3.00. The summed E-state index contributed by atoms with van der Waals surface area (Å²) < 4.78 is 7.73. The highest BCUT2D eigenvalue weighted by molar-refractivity contribution is 7.13. The van der Waals surface area contributed by atoms with Gasteiger partial charge < -0.3 is 9.84 Å². The third-order valence-corrected chi connectivity index (χ3v) is 3.67. The maximum Gasteiger partial charge on any atom is 0.0814 e. The number of aliphatic hydroxyl groups is 1. The van der Waals surface area contributed by atoms with E-state index in [4.69, 9.17) is 4.74 Å². The van der Waals surface area contributed by atoms with E-state index < -0.39 is 0 Å². The van der Waals surface area contributed by atoms with Crippen LogP contribution in [0.5, 0.6) is 0 Å². The first-order valence-electron chi connectivity index (χ1n) is 6.05. The lowest BCUT2D eigenvalue weighted by molar-refractivity contribution is 0.00156. The predicted octanol–water partition coefficient (Wildman–Crippen LogP) is 1.68. The molecule has 1 saturated heterocycles. The van der Waals surface area contributed by atoms with Crippen LogP contribution in [0.1, 0.15) is 12.0 Å². The van der Waals surface area contributed by atoms with Crippen LogP contribution in [0.25, 0.3) is 0 Å². The number of ether oxygens (including phenoxy) is 1. The average Bonchev–Trinajstić information content (AvgIpc) is 2.77. The molecule has 0 bridgehead atoms. The van der Waals surface area contributed by atoms with Crippen molar-refractivity contribution in [1.82, 2.24) is 4.67 Å². The van der Waals surface area contributed by atoms with E-state index in [1.807, 2.05) is 30.3 Å². The zero-order valence-corrected chi connectivity index (χ0v) is 11.1. The van der Waals surface area contributed by atoms with Crippen LogP contribution >= 0.6 is 9.39 Å². The summed E-state index contributed by atoms with van der Waals surface area (Å²) in [5.41, 5.74) is 1.15. The monoisotopic (exact) mass is 253 g/mol. The lowest BCUT2D eigenvalue weighted by atomic mass is 10.0. The van der Waals surface area contributed by atoms with E-state index in [0.717, 1.165) is 25.1 Å². The van der Waals surface area contributed by atoms with Crippen molar-refractivity contribution in [3.8, 4) is 0 Å². The Morgan fingerprint density at radius 2 is 2.18 bits per heavy atom. The molecule has 3 nitrogen and oxygen atoms in total. The van der Waals surface area contributed by atoms with Crippen molar-refractivity contribution < 1.29 is 9.84 Å². The molecule has 0 aromatic heterocycles. The average molecular weight is 253 g/mol. The summed E-state index contributed by atoms with van der Waals surface area (Å²) in [5, 5.41) is 9.98. The molecule has 1 aliphatic rings. The Balaban J connectivity index is 1.68. The summed E-state index contributed by atoms with van der Waals surface area (Å²) in [6, 6.07) is 10.1. The van der Waals surface area contributed by atoms with E-state index in [9.17, 15) is 5.11 Å². The van der Waals surface area contributed by atoms with Crippen LogP contribution in [0.15, 0.2) is 30.3 Å². The normalized spacial score (nSPS) is 22.8. The molecule has 0 spiro atoms. The molecule has 3 atom stereocenters. The molecule has 1 unspecified atom stereocenters. The fourth-order valence-electron chi connectivity index (χ4n) is 2.14. The molecule has 2 rings (SSSR count). The third-order valence-electron chi connectivity index (χ3n) is 3.20. The Kier molecular flexibility index (Phi) is 4.93. The van der Waals surface area contributed by atoms with Gasteiger partial charge in [0.2, 0.25) is 0 Å². The quantitative estimate of drug-likeness (QED) is 0.810. The van der Waals surface area contributed by atoms with Crippen LogP contribution in [-0.2, 0) is 11.3 Å². The molecule has 94 valence electrons. The number of hydrogen-bond donors (Lipinski definition) is 1. The van der Waals surface area contributed by atoms with Crippen molar-refractivity contribution in [2.45, 2.75) is 19.1 Å². The zero-order chi connectivity index (χ0) is 12.1. The van der Waals surface area contributed by atoms with Gasteiger partial charge in [0.1, 0.15) is 0 Å². The molecule has 0 aliphatic carbocycles. The van der Waals surface area contributed by atoms with Crippen molar-refractivity contribution in [1.29, 1.82) is 0 Å². The van der Waals surface area contributed by atoms with E-state index >= 15 is 0 Å². The minimum atomic E-state index is -0.343. The van der Waals surface area contributed by atoms with Gasteiger partial charge in [-0.25, -0.2) is 0 Å². The first-order valence-corrected chi connectivity index (χ1v) is 6.56. The molecule has 0 saturated carbocycles. The smallest absolute Gasteiger partial charge is 0.0814 e. The molecular weight excluding hydrogens is 233 g/mol. The Labute approximate surface area is 105 Å². The van der Waals surface area contributed by atoms with E-state index in [1.54, 1.807) is 0 Å². The fourth-order valence-corrected chi connectivity index (χ4v) is 2.56. The second-order valence-corrected chi connectivity index (χ2v) is 5.34. The Morgan fingerprint density at radius 3 is 2.82 bits per heavy atom.